The normalized spacial score (nSPS) is 28.4. The van der Waals surface area contributed by atoms with Crippen LogP contribution in [0.15, 0.2) is 4.99 Å². The van der Waals surface area contributed by atoms with Gasteiger partial charge in [0.05, 0.1) is 6.61 Å². The SMILES string of the molecule is CCOC1=NC(F)(F)C(F)(F)C(F)(F)C1(F)F. The third kappa shape index (κ3) is 1.56. The van der Waals surface area contributed by atoms with Gasteiger partial charge in [-0.15, -0.1) is 0 Å². The maximum absolute atomic E-state index is 12.9. The first-order valence-electron chi connectivity index (χ1n) is 4.16. The summed E-state index contributed by atoms with van der Waals surface area (Å²) in [5.41, 5.74) is 0. The van der Waals surface area contributed by atoms with E-state index in [1.54, 1.807) is 4.99 Å². The Balaban J connectivity index is 3.44. The highest BCUT2D eigenvalue weighted by molar-refractivity contribution is 5.86. The average molecular weight is 271 g/mol. The van der Waals surface area contributed by atoms with Crippen molar-refractivity contribution in [1.82, 2.24) is 0 Å². The van der Waals surface area contributed by atoms with Crippen LogP contribution in [0.3, 0.4) is 0 Å². The standard InChI is InChI=1S/C7H5F8NO/c1-2-17-3-4(8,9)5(10,11)6(12,13)7(14,15)16-3/h2H2,1H3. The van der Waals surface area contributed by atoms with E-state index in [0.29, 0.717) is 0 Å². The van der Waals surface area contributed by atoms with Gasteiger partial charge in [-0.3, -0.25) is 0 Å². The molecule has 1 heterocycles. The van der Waals surface area contributed by atoms with Gasteiger partial charge in [0, 0.05) is 0 Å². The van der Waals surface area contributed by atoms with E-state index in [-0.39, 0.29) is 0 Å². The predicted molar refractivity (Wildman–Crippen MR) is 38.8 cm³/mol. The van der Waals surface area contributed by atoms with Crippen LogP contribution < -0.4 is 0 Å². The lowest BCUT2D eigenvalue weighted by molar-refractivity contribution is -0.361. The van der Waals surface area contributed by atoms with Gasteiger partial charge in [0.1, 0.15) is 0 Å². The molecule has 0 aromatic carbocycles. The monoisotopic (exact) mass is 271 g/mol. The molecule has 0 bridgehead atoms. The Hall–Kier alpha value is -1.09. The maximum Gasteiger partial charge on any atom is 0.414 e. The van der Waals surface area contributed by atoms with Crippen molar-refractivity contribution in [3.8, 4) is 0 Å². The summed E-state index contributed by atoms with van der Waals surface area (Å²) < 4.78 is 105. The van der Waals surface area contributed by atoms with Gasteiger partial charge in [0.15, 0.2) is 0 Å². The molecule has 17 heavy (non-hydrogen) atoms. The van der Waals surface area contributed by atoms with Crippen LogP contribution in [0.4, 0.5) is 35.1 Å². The van der Waals surface area contributed by atoms with Gasteiger partial charge in [0.25, 0.3) is 5.90 Å². The maximum atomic E-state index is 12.9. The Bertz CT molecular complexity index is 350. The second kappa shape index (κ2) is 3.45. The molecule has 0 fully saturated rings. The zero-order valence-corrected chi connectivity index (χ0v) is 8.09. The van der Waals surface area contributed by atoms with Gasteiger partial charge >= 0.3 is 23.8 Å². The summed E-state index contributed by atoms with van der Waals surface area (Å²) in [5, 5.41) is 0. The number of nitrogens with zero attached hydrogens (tertiary/aromatic N) is 1. The summed E-state index contributed by atoms with van der Waals surface area (Å²) in [6, 6.07) is -5.66. The third-order valence-electron chi connectivity index (χ3n) is 1.96. The summed E-state index contributed by atoms with van der Waals surface area (Å²) in [6.45, 7) is 0.313. The molecule has 1 rings (SSSR count). The second-order valence-electron chi connectivity index (χ2n) is 3.11. The molecule has 0 radical (unpaired) electrons. The predicted octanol–water partition coefficient (Wildman–Crippen LogP) is 2.93. The molecule has 0 unspecified atom stereocenters. The molecule has 0 amide bonds. The van der Waals surface area contributed by atoms with Gasteiger partial charge in [-0.1, -0.05) is 0 Å². The number of hydrogen-bond donors (Lipinski definition) is 0. The number of alkyl halides is 8. The molecule has 0 aromatic heterocycles. The largest absolute Gasteiger partial charge is 0.477 e. The molecule has 0 spiro atoms. The van der Waals surface area contributed by atoms with Crippen LogP contribution in [-0.4, -0.2) is 36.3 Å². The Labute approximate surface area is 89.3 Å². The van der Waals surface area contributed by atoms with E-state index < -0.39 is 36.3 Å². The van der Waals surface area contributed by atoms with Crippen LogP contribution in [0.25, 0.3) is 0 Å². The van der Waals surface area contributed by atoms with Crippen molar-refractivity contribution in [2.75, 3.05) is 6.61 Å². The molecule has 1 aliphatic heterocycles. The van der Waals surface area contributed by atoms with Crippen LogP contribution in [0.5, 0.6) is 0 Å². The van der Waals surface area contributed by atoms with Crippen molar-refractivity contribution < 1.29 is 39.9 Å². The smallest absolute Gasteiger partial charge is 0.414 e. The first-order valence-corrected chi connectivity index (χ1v) is 4.16. The molecule has 10 heteroatoms. The lowest BCUT2D eigenvalue weighted by Gasteiger charge is -2.39. The van der Waals surface area contributed by atoms with Crippen molar-refractivity contribution in [2.24, 2.45) is 4.99 Å². The summed E-state index contributed by atoms with van der Waals surface area (Å²) in [4.78, 5) is 1.59. The first-order chi connectivity index (χ1) is 7.42. The minimum atomic E-state index is -6.30. The highest BCUT2D eigenvalue weighted by Crippen LogP contribution is 2.56. The summed E-state index contributed by atoms with van der Waals surface area (Å²) >= 11 is 0. The number of rotatable bonds is 1. The average Bonchev–Trinajstić information content (AvgIpc) is 2.14. The minimum Gasteiger partial charge on any atom is -0.477 e. The van der Waals surface area contributed by atoms with E-state index in [1.165, 1.54) is 0 Å². The zero-order chi connectivity index (χ0) is 13.7. The summed E-state index contributed by atoms with van der Waals surface area (Å²) in [6.07, 6.45) is 0. The summed E-state index contributed by atoms with van der Waals surface area (Å²) in [5.74, 6) is -20.6. The molecule has 0 aromatic rings. The van der Waals surface area contributed by atoms with E-state index >= 15 is 0 Å². The fourth-order valence-corrected chi connectivity index (χ4v) is 1.05. The van der Waals surface area contributed by atoms with Gasteiger partial charge < -0.3 is 4.74 Å². The molecule has 1 aliphatic rings. The van der Waals surface area contributed by atoms with Crippen molar-refractivity contribution in [1.29, 1.82) is 0 Å². The van der Waals surface area contributed by atoms with Crippen LogP contribution in [0, 0.1) is 0 Å². The minimum absolute atomic E-state index is 0.702. The van der Waals surface area contributed by atoms with E-state index in [4.69, 9.17) is 0 Å². The number of hydrogen-bond acceptors (Lipinski definition) is 2. The zero-order valence-electron chi connectivity index (χ0n) is 8.09. The number of aliphatic imine (C=N–C) groups is 1. The fourth-order valence-electron chi connectivity index (χ4n) is 1.05. The Morgan fingerprint density at radius 2 is 1.41 bits per heavy atom. The van der Waals surface area contributed by atoms with Gasteiger partial charge in [-0.05, 0) is 6.92 Å². The topological polar surface area (TPSA) is 21.6 Å². The van der Waals surface area contributed by atoms with E-state index in [9.17, 15) is 35.1 Å². The van der Waals surface area contributed by atoms with Crippen molar-refractivity contribution in [3.05, 3.63) is 0 Å². The van der Waals surface area contributed by atoms with Crippen LogP contribution in [-0.2, 0) is 4.74 Å². The van der Waals surface area contributed by atoms with Crippen LogP contribution in [0.1, 0.15) is 6.92 Å². The van der Waals surface area contributed by atoms with Crippen LogP contribution >= 0.6 is 0 Å². The fraction of sp³-hybridized carbons (Fsp3) is 0.857. The molecule has 2 nitrogen and oxygen atoms in total. The second-order valence-corrected chi connectivity index (χ2v) is 3.11. The van der Waals surface area contributed by atoms with Crippen molar-refractivity contribution >= 4 is 5.90 Å². The lowest BCUT2D eigenvalue weighted by atomic mass is 9.99. The Morgan fingerprint density at radius 3 is 1.82 bits per heavy atom. The summed E-state index contributed by atoms with van der Waals surface area (Å²) in [7, 11) is 0. The van der Waals surface area contributed by atoms with Gasteiger partial charge in [0.2, 0.25) is 0 Å². The number of halogens is 8. The van der Waals surface area contributed by atoms with Gasteiger partial charge in [-0.2, -0.15) is 40.1 Å². The van der Waals surface area contributed by atoms with Gasteiger partial charge in [-0.25, -0.2) is 0 Å². The van der Waals surface area contributed by atoms with E-state index in [2.05, 4.69) is 4.74 Å². The van der Waals surface area contributed by atoms with E-state index in [0.717, 1.165) is 6.92 Å². The van der Waals surface area contributed by atoms with Crippen molar-refractivity contribution in [2.45, 2.75) is 30.7 Å². The molecule has 0 saturated heterocycles. The molecule has 100 valence electrons. The number of ether oxygens (including phenoxy) is 1. The molecule has 0 saturated carbocycles. The highest BCUT2D eigenvalue weighted by Gasteiger charge is 2.86. The van der Waals surface area contributed by atoms with Crippen molar-refractivity contribution in [3.63, 3.8) is 0 Å². The molecule has 0 aliphatic carbocycles. The highest BCUT2D eigenvalue weighted by atomic mass is 19.4. The molecule has 0 N–H and O–H groups in total. The van der Waals surface area contributed by atoms with Crippen LogP contribution in [0.2, 0.25) is 0 Å². The third-order valence-corrected chi connectivity index (χ3v) is 1.96. The molecular formula is C7H5F8NO. The van der Waals surface area contributed by atoms with E-state index in [1.807, 2.05) is 0 Å². The molecular weight excluding hydrogens is 266 g/mol. The quantitative estimate of drug-likeness (QED) is 0.530. The lowest BCUT2D eigenvalue weighted by Crippen LogP contribution is -2.68. The first kappa shape index (κ1) is 14.0. The Morgan fingerprint density at radius 1 is 0.941 bits per heavy atom. The molecule has 0 atom stereocenters. The Kier molecular flexibility index (Phi) is 2.84.